The Morgan fingerprint density at radius 2 is 1.83 bits per heavy atom. The van der Waals surface area contributed by atoms with Crippen LogP contribution < -0.4 is 10.1 Å². The molecule has 0 aliphatic carbocycles. The molecule has 0 unspecified atom stereocenters. The average molecular weight is 332 g/mol. The van der Waals surface area contributed by atoms with Crippen molar-refractivity contribution in [3.8, 4) is 5.75 Å². The van der Waals surface area contributed by atoms with Gasteiger partial charge in [0.2, 0.25) is 0 Å². The number of aryl methyl sites for hydroxylation is 3. The Hall–Kier alpha value is -2.00. The highest BCUT2D eigenvalue weighted by Crippen LogP contribution is 2.22. The molecule has 4 heteroatoms. The Morgan fingerprint density at radius 3 is 2.52 bits per heavy atom. The van der Waals surface area contributed by atoms with Gasteiger partial charge in [0, 0.05) is 5.02 Å². The Bertz CT molecular complexity index is 713. The van der Waals surface area contributed by atoms with Gasteiger partial charge in [-0.25, -0.2) is 0 Å². The lowest BCUT2D eigenvalue weighted by Gasteiger charge is -2.18. The van der Waals surface area contributed by atoms with Gasteiger partial charge in [-0.15, -0.1) is 0 Å². The smallest absolute Gasteiger partial charge is 0.258 e. The molecule has 3 nitrogen and oxygen atoms in total. The third-order valence-corrected chi connectivity index (χ3v) is 4.13. The van der Waals surface area contributed by atoms with Crippen molar-refractivity contribution in [2.75, 3.05) is 6.61 Å². The summed E-state index contributed by atoms with van der Waals surface area (Å²) in [6.07, 6.45) is 0. The molecule has 122 valence electrons. The summed E-state index contributed by atoms with van der Waals surface area (Å²) in [5.74, 6) is 0.428. The summed E-state index contributed by atoms with van der Waals surface area (Å²) >= 11 is 5.89. The fourth-order valence-electron chi connectivity index (χ4n) is 2.52. The monoisotopic (exact) mass is 331 g/mol. The molecule has 0 radical (unpaired) electrons. The van der Waals surface area contributed by atoms with Crippen LogP contribution in [0.25, 0.3) is 0 Å². The van der Waals surface area contributed by atoms with E-state index in [2.05, 4.69) is 38.2 Å². The normalized spacial score (nSPS) is 11.9. The first-order valence-electron chi connectivity index (χ1n) is 7.62. The molecule has 2 aromatic carbocycles. The number of hydrogen-bond donors (Lipinski definition) is 1. The van der Waals surface area contributed by atoms with Crippen LogP contribution in [-0.4, -0.2) is 12.5 Å². The second kappa shape index (κ2) is 7.51. The van der Waals surface area contributed by atoms with Gasteiger partial charge in [-0.2, -0.15) is 0 Å². The van der Waals surface area contributed by atoms with Crippen molar-refractivity contribution in [2.45, 2.75) is 33.7 Å². The summed E-state index contributed by atoms with van der Waals surface area (Å²) in [6, 6.07) is 11.2. The van der Waals surface area contributed by atoms with Crippen molar-refractivity contribution < 1.29 is 9.53 Å². The van der Waals surface area contributed by atoms with Crippen molar-refractivity contribution in [3.05, 3.63) is 63.7 Å². The number of ether oxygens (including phenoxy) is 1. The summed E-state index contributed by atoms with van der Waals surface area (Å²) in [6.45, 7) is 8.18. The van der Waals surface area contributed by atoms with Crippen LogP contribution in [0.15, 0.2) is 36.4 Å². The zero-order chi connectivity index (χ0) is 17.0. The number of carbonyl (C=O) groups is 1. The van der Waals surface area contributed by atoms with E-state index in [-0.39, 0.29) is 18.6 Å². The molecule has 0 saturated carbocycles. The Morgan fingerprint density at radius 1 is 1.13 bits per heavy atom. The maximum atomic E-state index is 12.1. The van der Waals surface area contributed by atoms with E-state index in [0.717, 1.165) is 5.56 Å². The average Bonchev–Trinajstić information content (AvgIpc) is 2.49. The summed E-state index contributed by atoms with van der Waals surface area (Å²) in [4.78, 5) is 12.1. The highest BCUT2D eigenvalue weighted by atomic mass is 35.5. The number of amides is 1. The molecule has 1 amide bonds. The molecule has 0 saturated heterocycles. The maximum absolute atomic E-state index is 12.1. The van der Waals surface area contributed by atoms with E-state index in [9.17, 15) is 4.79 Å². The van der Waals surface area contributed by atoms with Gasteiger partial charge in [0.15, 0.2) is 6.61 Å². The summed E-state index contributed by atoms with van der Waals surface area (Å²) in [7, 11) is 0. The number of rotatable bonds is 5. The fourth-order valence-corrected chi connectivity index (χ4v) is 2.70. The largest absolute Gasteiger partial charge is 0.484 e. The molecule has 1 N–H and O–H groups in total. The number of carbonyl (C=O) groups excluding carboxylic acids is 1. The van der Waals surface area contributed by atoms with Gasteiger partial charge in [0.1, 0.15) is 5.75 Å². The Kier molecular flexibility index (Phi) is 5.67. The van der Waals surface area contributed by atoms with Gasteiger partial charge < -0.3 is 10.1 Å². The van der Waals surface area contributed by atoms with Crippen molar-refractivity contribution in [1.82, 2.24) is 5.32 Å². The van der Waals surface area contributed by atoms with E-state index in [0.29, 0.717) is 10.8 Å². The molecule has 0 aliphatic heterocycles. The lowest BCUT2D eigenvalue weighted by molar-refractivity contribution is -0.123. The number of hydrogen-bond acceptors (Lipinski definition) is 2. The van der Waals surface area contributed by atoms with Crippen LogP contribution in [0.2, 0.25) is 5.02 Å². The number of halogens is 1. The molecule has 0 bridgehead atoms. The summed E-state index contributed by atoms with van der Waals surface area (Å²) in [5, 5.41) is 3.56. The zero-order valence-electron chi connectivity index (χ0n) is 13.9. The highest BCUT2D eigenvalue weighted by molar-refractivity contribution is 6.30. The van der Waals surface area contributed by atoms with Crippen molar-refractivity contribution in [2.24, 2.45) is 0 Å². The first-order valence-corrected chi connectivity index (χ1v) is 8.00. The first-order chi connectivity index (χ1) is 10.9. The predicted molar refractivity (Wildman–Crippen MR) is 94.2 cm³/mol. The van der Waals surface area contributed by atoms with Gasteiger partial charge in [-0.05, 0) is 68.1 Å². The number of benzene rings is 2. The zero-order valence-corrected chi connectivity index (χ0v) is 14.7. The molecule has 2 rings (SSSR count). The van der Waals surface area contributed by atoms with Crippen LogP contribution in [0.5, 0.6) is 5.75 Å². The SMILES string of the molecule is Cc1cc(C)c([C@@H](C)NC(=O)COc2cccc(Cl)c2)cc1C. The molecule has 0 spiro atoms. The van der Waals surface area contributed by atoms with Crippen molar-refractivity contribution >= 4 is 17.5 Å². The van der Waals surface area contributed by atoms with Crippen LogP contribution in [0.1, 0.15) is 35.2 Å². The molecule has 0 fully saturated rings. The minimum atomic E-state index is -0.157. The van der Waals surface area contributed by atoms with Crippen molar-refractivity contribution in [1.29, 1.82) is 0 Å². The van der Waals surface area contributed by atoms with E-state index in [1.54, 1.807) is 24.3 Å². The lowest BCUT2D eigenvalue weighted by atomic mass is 9.96. The second-order valence-electron chi connectivity index (χ2n) is 5.83. The highest BCUT2D eigenvalue weighted by Gasteiger charge is 2.13. The van der Waals surface area contributed by atoms with Gasteiger partial charge in [0.25, 0.3) is 5.91 Å². The third-order valence-electron chi connectivity index (χ3n) is 3.89. The van der Waals surface area contributed by atoms with E-state index < -0.39 is 0 Å². The molecule has 0 heterocycles. The number of nitrogens with one attached hydrogen (secondary N) is 1. The predicted octanol–water partition coefficient (Wildman–Crippen LogP) is 4.52. The molecule has 1 atom stereocenters. The Labute approximate surface area is 142 Å². The van der Waals surface area contributed by atoms with Crippen LogP contribution in [0, 0.1) is 20.8 Å². The van der Waals surface area contributed by atoms with Crippen LogP contribution in [0.4, 0.5) is 0 Å². The fraction of sp³-hybridized carbons (Fsp3) is 0.316. The topological polar surface area (TPSA) is 38.3 Å². The molecule has 0 aliphatic rings. The molecule has 0 aromatic heterocycles. The van der Waals surface area contributed by atoms with Gasteiger partial charge >= 0.3 is 0 Å². The quantitative estimate of drug-likeness (QED) is 0.874. The molecule has 2 aromatic rings. The van der Waals surface area contributed by atoms with E-state index in [1.807, 2.05) is 6.92 Å². The van der Waals surface area contributed by atoms with Gasteiger partial charge in [0.05, 0.1) is 6.04 Å². The molecular weight excluding hydrogens is 310 g/mol. The van der Waals surface area contributed by atoms with E-state index in [1.165, 1.54) is 16.7 Å². The van der Waals surface area contributed by atoms with E-state index >= 15 is 0 Å². The third kappa shape index (κ3) is 4.73. The van der Waals surface area contributed by atoms with Gasteiger partial charge in [-0.1, -0.05) is 29.8 Å². The molecule has 23 heavy (non-hydrogen) atoms. The minimum Gasteiger partial charge on any atom is -0.484 e. The second-order valence-corrected chi connectivity index (χ2v) is 6.26. The first kappa shape index (κ1) is 17.4. The maximum Gasteiger partial charge on any atom is 0.258 e. The summed E-state index contributed by atoms with van der Waals surface area (Å²) in [5.41, 5.74) is 4.79. The standard InChI is InChI=1S/C19H22ClNO2/c1-12-8-14(3)18(9-13(12)2)15(4)21-19(22)11-23-17-7-5-6-16(20)10-17/h5-10,15H,11H2,1-4H3,(H,21,22)/t15-/m1/s1. The lowest BCUT2D eigenvalue weighted by Crippen LogP contribution is -2.31. The van der Waals surface area contributed by atoms with Crippen LogP contribution in [-0.2, 0) is 4.79 Å². The van der Waals surface area contributed by atoms with Crippen molar-refractivity contribution in [3.63, 3.8) is 0 Å². The van der Waals surface area contributed by atoms with E-state index in [4.69, 9.17) is 16.3 Å². The van der Waals surface area contributed by atoms with Crippen LogP contribution in [0.3, 0.4) is 0 Å². The summed E-state index contributed by atoms with van der Waals surface area (Å²) < 4.78 is 5.46. The Balaban J connectivity index is 1.96. The molecular formula is C19H22ClNO2. The minimum absolute atomic E-state index is 0.0332. The van der Waals surface area contributed by atoms with Gasteiger partial charge in [-0.3, -0.25) is 4.79 Å². The van der Waals surface area contributed by atoms with Crippen LogP contribution >= 0.6 is 11.6 Å².